The molecule has 0 saturated heterocycles. The summed E-state index contributed by atoms with van der Waals surface area (Å²) in [5, 5.41) is 7.66. The summed E-state index contributed by atoms with van der Waals surface area (Å²) in [4.78, 5) is 10.5. The van der Waals surface area contributed by atoms with Gasteiger partial charge in [-0.1, -0.05) is 18.2 Å². The molecule has 9 heteroatoms. The number of rotatable bonds is 3. The van der Waals surface area contributed by atoms with E-state index in [1.54, 1.807) is 12.1 Å². The molecule has 0 radical (unpaired) electrons. The summed E-state index contributed by atoms with van der Waals surface area (Å²) >= 11 is 0. The maximum atomic E-state index is 12.8. The number of benzene rings is 2. The summed E-state index contributed by atoms with van der Waals surface area (Å²) in [6.45, 7) is 0. The lowest BCUT2D eigenvalue weighted by Gasteiger charge is -2.42. The molecule has 2 aromatic rings. The molecule has 2 N–H and O–H groups in total. The maximum absolute atomic E-state index is 12.8. The van der Waals surface area contributed by atoms with E-state index in [0.29, 0.717) is 5.56 Å². The van der Waals surface area contributed by atoms with E-state index in [9.17, 15) is 22.4 Å². The van der Waals surface area contributed by atoms with Gasteiger partial charge in [-0.25, -0.2) is 13.6 Å². The first-order chi connectivity index (χ1) is 10.7. The van der Waals surface area contributed by atoms with Crippen LogP contribution in [-0.4, -0.2) is 33.4 Å². The van der Waals surface area contributed by atoms with Crippen molar-refractivity contribution in [2.45, 2.75) is 15.0 Å². The zero-order chi connectivity index (χ0) is 16.8. The molecule has 0 spiro atoms. The number of sulfone groups is 1. The minimum atomic E-state index is -3.91. The molecule has 0 aliphatic carbocycles. The summed E-state index contributed by atoms with van der Waals surface area (Å²) in [6.07, 6.45) is 0. The Hall–Kier alpha value is -1.94. The van der Waals surface area contributed by atoms with E-state index in [4.69, 9.17) is 5.21 Å². The Kier molecular flexibility index (Phi) is 3.68. The minimum Gasteiger partial charge on any atom is -0.764 e. The van der Waals surface area contributed by atoms with Crippen LogP contribution < -0.4 is 0 Å². The Labute approximate surface area is 134 Å². The van der Waals surface area contributed by atoms with Crippen LogP contribution in [0.25, 0.3) is 0 Å². The molecule has 3 rings (SSSR count). The fraction of sp³-hybridized carbons (Fsp3) is 0.143. The first kappa shape index (κ1) is 15.9. The van der Waals surface area contributed by atoms with Crippen molar-refractivity contribution in [3.63, 3.8) is 0 Å². The predicted molar refractivity (Wildman–Crippen MR) is 82.0 cm³/mol. The average molecular weight is 355 g/mol. The normalized spacial score (nSPS) is 26.3. The van der Waals surface area contributed by atoms with Gasteiger partial charge in [-0.2, -0.15) is 0 Å². The summed E-state index contributed by atoms with van der Waals surface area (Å²) in [5.41, 5.74) is 0.207. The van der Waals surface area contributed by atoms with Crippen molar-refractivity contribution in [2.24, 2.45) is 0 Å². The molecule has 1 aliphatic rings. The molecule has 1 heterocycles. The Morgan fingerprint density at radius 3 is 2.35 bits per heavy atom. The van der Waals surface area contributed by atoms with Gasteiger partial charge in [0.25, 0.3) is 4.92 Å². The van der Waals surface area contributed by atoms with Gasteiger partial charge in [-0.15, -0.1) is 0 Å². The predicted octanol–water partition coefficient (Wildman–Crippen LogP) is 2.78. The van der Waals surface area contributed by atoms with E-state index in [1.807, 2.05) is 0 Å². The van der Waals surface area contributed by atoms with Gasteiger partial charge in [0, 0.05) is 22.8 Å². The topological polar surface area (TPSA) is 118 Å². The van der Waals surface area contributed by atoms with Gasteiger partial charge in [0.05, 0.1) is 9.80 Å². The van der Waals surface area contributed by atoms with Gasteiger partial charge in [0.1, 0.15) is 5.25 Å². The maximum Gasteiger partial charge on any atom is 0.316 e. The van der Waals surface area contributed by atoms with E-state index in [0.717, 1.165) is 12.1 Å². The molecule has 0 saturated carbocycles. The van der Waals surface area contributed by atoms with Crippen molar-refractivity contribution in [2.75, 3.05) is 5.75 Å². The van der Waals surface area contributed by atoms with E-state index >= 15 is 0 Å². The monoisotopic (exact) mass is 355 g/mol. The Bertz CT molecular complexity index is 876. The smallest absolute Gasteiger partial charge is 0.316 e. The second-order valence-corrected chi connectivity index (χ2v) is 9.33. The molecular weight excluding hydrogens is 342 g/mol. The second kappa shape index (κ2) is 5.31. The highest BCUT2D eigenvalue weighted by Gasteiger charge is 2.39. The lowest BCUT2D eigenvalue weighted by molar-refractivity contribution is -0.729. The van der Waals surface area contributed by atoms with E-state index in [2.05, 4.69) is 0 Å². The molecule has 0 amide bonds. The molecular formula is C14H13NO6S2. The number of fused-ring (bicyclic) bond motifs is 1. The molecule has 122 valence electrons. The Morgan fingerprint density at radius 2 is 1.74 bits per heavy atom. The fourth-order valence-corrected chi connectivity index (χ4v) is 6.97. The van der Waals surface area contributed by atoms with Crippen LogP contribution >= 0.6 is 10.6 Å². The lowest BCUT2D eigenvalue weighted by atomic mass is 10.2. The molecule has 23 heavy (non-hydrogen) atoms. The van der Waals surface area contributed by atoms with Crippen LogP contribution in [0.4, 0.5) is 5.69 Å². The lowest BCUT2D eigenvalue weighted by Crippen LogP contribution is -2.15. The van der Waals surface area contributed by atoms with Crippen LogP contribution in [0.3, 0.4) is 0 Å². The highest BCUT2D eigenvalue weighted by atomic mass is 32.3. The van der Waals surface area contributed by atoms with Crippen molar-refractivity contribution < 1.29 is 27.7 Å². The van der Waals surface area contributed by atoms with Crippen molar-refractivity contribution in [3.05, 3.63) is 59.0 Å². The Balaban J connectivity index is 2.06. The van der Waals surface area contributed by atoms with Gasteiger partial charge in [0.2, 0.25) is 0 Å². The molecule has 2 aromatic carbocycles. The van der Waals surface area contributed by atoms with Gasteiger partial charge >= 0.3 is 5.69 Å². The van der Waals surface area contributed by atoms with Crippen LogP contribution in [-0.2, 0) is 9.84 Å². The molecule has 7 nitrogen and oxygen atoms in total. The van der Waals surface area contributed by atoms with Gasteiger partial charge < -0.3 is 19.7 Å². The average Bonchev–Trinajstić information content (AvgIpc) is 2.80. The zero-order valence-electron chi connectivity index (χ0n) is 11.7. The highest BCUT2D eigenvalue weighted by molar-refractivity contribution is 8.25. The molecule has 0 fully saturated rings. The summed E-state index contributed by atoms with van der Waals surface area (Å²) in [6, 6.07) is 10.9. The third-order valence-electron chi connectivity index (χ3n) is 3.75. The standard InChI is InChI=1S/C14H13NO6S2/c16-15(17)10-5-7-11(8-6-10)23(20,21)14-9-22(18,19)13-4-2-1-3-12(13)14/h1-8,14H,9H2,(H2-,16,17,18,19). The summed E-state index contributed by atoms with van der Waals surface area (Å²) < 4.78 is 47.8. The van der Waals surface area contributed by atoms with Crippen LogP contribution in [0.5, 0.6) is 0 Å². The van der Waals surface area contributed by atoms with Crippen LogP contribution in [0.2, 0.25) is 0 Å². The highest BCUT2D eigenvalue weighted by Crippen LogP contribution is 2.60. The van der Waals surface area contributed by atoms with Crippen molar-refractivity contribution in [1.82, 2.24) is 0 Å². The fourth-order valence-electron chi connectivity index (χ4n) is 2.61. The van der Waals surface area contributed by atoms with Crippen molar-refractivity contribution >= 4 is 26.1 Å². The van der Waals surface area contributed by atoms with Crippen molar-refractivity contribution in [3.8, 4) is 0 Å². The second-order valence-electron chi connectivity index (χ2n) is 5.15. The largest absolute Gasteiger partial charge is 0.764 e. The van der Waals surface area contributed by atoms with E-state index < -0.39 is 31.4 Å². The zero-order valence-corrected chi connectivity index (χ0v) is 13.3. The van der Waals surface area contributed by atoms with E-state index in [-0.39, 0.29) is 20.4 Å². The minimum absolute atomic E-state index is 0.0833. The molecule has 0 aromatic heterocycles. The van der Waals surface area contributed by atoms with Crippen LogP contribution in [0.15, 0.2) is 58.3 Å². The van der Waals surface area contributed by atoms with Gasteiger partial charge in [-0.3, -0.25) is 0 Å². The Morgan fingerprint density at radius 1 is 1.13 bits per heavy atom. The number of hydrogen-bond donors (Lipinski definition) is 2. The molecule has 2 unspecified atom stereocenters. The third kappa shape index (κ3) is 2.61. The molecule has 2 atom stereocenters. The SMILES string of the molecule is O=[N+](O)c1ccc(S(=O)(=O)C2CS([O-])(O)c3ccccc32)cc1. The first-order valence-corrected chi connectivity index (χ1v) is 9.80. The number of hydrogen-bond acceptors (Lipinski definition) is 5. The molecule has 1 aliphatic heterocycles. The van der Waals surface area contributed by atoms with Gasteiger partial charge in [0.15, 0.2) is 9.84 Å². The quantitative estimate of drug-likeness (QED) is 0.817. The van der Waals surface area contributed by atoms with Crippen LogP contribution in [0.1, 0.15) is 10.8 Å². The van der Waals surface area contributed by atoms with E-state index in [1.165, 1.54) is 24.3 Å². The first-order valence-electron chi connectivity index (χ1n) is 6.57. The third-order valence-corrected chi connectivity index (χ3v) is 7.90. The summed E-state index contributed by atoms with van der Waals surface area (Å²) in [5.74, 6) is -0.399. The van der Waals surface area contributed by atoms with Gasteiger partial charge in [-0.05, 0) is 23.8 Å². The van der Waals surface area contributed by atoms with Crippen molar-refractivity contribution in [1.29, 1.82) is 0 Å². The van der Waals surface area contributed by atoms with Crippen LogP contribution in [0, 0.1) is 4.91 Å². The number of nitrogens with zero attached hydrogens (tertiary/aromatic N) is 1. The summed E-state index contributed by atoms with van der Waals surface area (Å²) in [7, 11) is -7.30. The molecule has 0 bridgehead atoms.